The van der Waals surface area contributed by atoms with E-state index in [0.29, 0.717) is 24.7 Å². The molecule has 2 radical (unpaired) electrons. The molecule has 0 spiro atoms. The maximum atomic E-state index is 6.67. The van der Waals surface area contributed by atoms with Gasteiger partial charge in [0.2, 0.25) is 0 Å². The Morgan fingerprint density at radius 3 is 1.52 bits per heavy atom. The predicted molar refractivity (Wildman–Crippen MR) is 141 cm³/mol. The van der Waals surface area contributed by atoms with E-state index < -0.39 is 26.5 Å². The van der Waals surface area contributed by atoms with Crippen LogP contribution in [0.25, 0.3) is 0 Å². The summed E-state index contributed by atoms with van der Waals surface area (Å²) in [4.78, 5) is 0. The molecule has 4 heteroatoms. The molecule has 0 aliphatic heterocycles. The van der Waals surface area contributed by atoms with Gasteiger partial charge in [-0.1, -0.05) is 0 Å². The van der Waals surface area contributed by atoms with Crippen LogP contribution in [0.2, 0.25) is 42.0 Å². The van der Waals surface area contributed by atoms with Crippen LogP contribution in [0, 0.1) is 11.8 Å². The van der Waals surface area contributed by atoms with Crippen LogP contribution in [-0.2, 0) is 4.43 Å². The van der Waals surface area contributed by atoms with Gasteiger partial charge in [-0.3, -0.25) is 0 Å². The summed E-state index contributed by atoms with van der Waals surface area (Å²) < 4.78 is 11.8. The van der Waals surface area contributed by atoms with Crippen LogP contribution in [0.1, 0.15) is 87.0 Å². The quantitative estimate of drug-likeness (QED) is 0.131. The molecule has 0 aliphatic rings. The van der Waals surface area contributed by atoms with Crippen molar-refractivity contribution in [3.8, 4) is 0 Å². The molecule has 0 saturated heterocycles. The third kappa shape index (κ3) is 9.04. The number of hydrogen-bond acceptors (Lipinski definition) is 1. The molecule has 0 unspecified atom stereocenters. The minimum atomic E-state index is -2.51. The molecule has 0 rings (SSSR count). The van der Waals surface area contributed by atoms with Crippen molar-refractivity contribution in [2.45, 2.75) is 129 Å². The van der Waals surface area contributed by atoms with Gasteiger partial charge in [0.15, 0.2) is 0 Å². The summed E-state index contributed by atoms with van der Waals surface area (Å²) in [5.41, 5.74) is 0. The fourth-order valence-corrected chi connectivity index (χ4v) is 34.3. The molecular formula is C25H54OSi2Sn. The Bertz CT molecular complexity index is 424. The van der Waals surface area contributed by atoms with Crippen LogP contribution in [0.3, 0.4) is 0 Å². The molecular weight excluding hydrogens is 491 g/mol. The predicted octanol–water partition coefficient (Wildman–Crippen LogP) is 9.33. The number of unbranched alkanes of at least 4 members (excludes halogenated alkanes) is 3. The van der Waals surface area contributed by atoms with E-state index in [0.717, 1.165) is 11.8 Å². The van der Waals surface area contributed by atoms with Crippen molar-refractivity contribution in [2.24, 2.45) is 11.8 Å². The Kier molecular flexibility index (Phi) is 14.4. The fourth-order valence-electron chi connectivity index (χ4n) is 5.56. The second kappa shape index (κ2) is 14.0. The molecule has 0 amide bonds. The van der Waals surface area contributed by atoms with E-state index in [1.165, 1.54) is 38.5 Å². The number of hydrogen-bond donors (Lipinski definition) is 0. The van der Waals surface area contributed by atoms with Crippen LogP contribution >= 0.6 is 0 Å². The van der Waals surface area contributed by atoms with Crippen molar-refractivity contribution in [1.29, 1.82) is 0 Å². The van der Waals surface area contributed by atoms with E-state index in [-0.39, 0.29) is 0 Å². The third-order valence-electron chi connectivity index (χ3n) is 6.82. The molecule has 0 aliphatic carbocycles. The van der Waals surface area contributed by atoms with Gasteiger partial charge in [-0.2, -0.15) is 0 Å². The molecule has 0 aromatic rings. The molecule has 0 atom stereocenters. The molecule has 0 heterocycles. The van der Waals surface area contributed by atoms with Gasteiger partial charge in [0, 0.05) is 0 Å². The van der Waals surface area contributed by atoms with Crippen molar-refractivity contribution in [3.05, 3.63) is 12.3 Å². The number of rotatable bonds is 17. The summed E-state index contributed by atoms with van der Waals surface area (Å²) in [7, 11) is -0.561. The summed E-state index contributed by atoms with van der Waals surface area (Å²) in [5, 5.41) is 0. The number of allylic oxidation sites excluding steroid dienone is 1. The maximum absolute atomic E-state index is 6.67. The Hall–Kier alpha value is 0.772. The Balaban J connectivity index is 6.14. The zero-order chi connectivity index (χ0) is 22.7. The van der Waals surface area contributed by atoms with E-state index in [2.05, 4.69) is 74.7 Å². The van der Waals surface area contributed by atoms with E-state index in [9.17, 15) is 0 Å². The first-order valence-electron chi connectivity index (χ1n) is 12.5. The second-order valence-electron chi connectivity index (χ2n) is 11.2. The molecule has 29 heavy (non-hydrogen) atoms. The monoisotopic (exact) mass is 546 g/mol. The Labute approximate surface area is 193 Å². The molecule has 0 saturated carbocycles. The first kappa shape index (κ1) is 29.8. The Morgan fingerprint density at radius 1 is 0.862 bits per heavy atom. The second-order valence-corrected chi connectivity index (χ2v) is 33.3. The van der Waals surface area contributed by atoms with Crippen LogP contribution in [0.15, 0.2) is 12.3 Å². The normalized spacial score (nSPS) is 13.4. The molecule has 172 valence electrons. The summed E-state index contributed by atoms with van der Waals surface area (Å²) in [5.74, 6) is 2.50. The summed E-state index contributed by atoms with van der Waals surface area (Å²) in [6.45, 7) is 28.9. The van der Waals surface area contributed by atoms with Gasteiger partial charge in [-0.25, -0.2) is 0 Å². The molecule has 0 aromatic heterocycles. The van der Waals surface area contributed by atoms with Crippen LogP contribution in [0.4, 0.5) is 0 Å². The average Bonchev–Trinajstić information content (AvgIpc) is 2.60. The van der Waals surface area contributed by atoms with Crippen molar-refractivity contribution < 1.29 is 4.43 Å². The van der Waals surface area contributed by atoms with Crippen molar-refractivity contribution in [1.82, 2.24) is 0 Å². The van der Waals surface area contributed by atoms with Gasteiger partial charge < -0.3 is 0 Å². The molecule has 0 aromatic carbocycles. The fraction of sp³-hybridized carbons (Fsp3) is 0.920. The first-order chi connectivity index (χ1) is 13.4. The van der Waals surface area contributed by atoms with Gasteiger partial charge in [0.1, 0.15) is 0 Å². The van der Waals surface area contributed by atoms with Gasteiger partial charge >= 0.3 is 194 Å². The zero-order valence-corrected chi connectivity index (χ0v) is 26.7. The molecule has 0 bridgehead atoms. The minimum absolute atomic E-state index is 0.441. The molecule has 1 nitrogen and oxygen atoms in total. The van der Waals surface area contributed by atoms with E-state index in [1.807, 2.05) is 0 Å². The molecule has 0 N–H and O–H groups in total. The average molecular weight is 546 g/mol. The first-order valence-corrected chi connectivity index (χ1v) is 24.6. The van der Waals surface area contributed by atoms with Crippen molar-refractivity contribution >= 4 is 36.2 Å². The van der Waals surface area contributed by atoms with Gasteiger partial charge in [0.05, 0.1) is 0 Å². The van der Waals surface area contributed by atoms with Crippen molar-refractivity contribution in [3.63, 3.8) is 0 Å². The summed E-state index contributed by atoms with van der Waals surface area (Å²) in [6.07, 6.45) is 8.33. The van der Waals surface area contributed by atoms with Crippen LogP contribution in [-0.4, -0.2) is 36.2 Å². The topological polar surface area (TPSA) is 9.23 Å². The Morgan fingerprint density at radius 2 is 1.24 bits per heavy atom. The third-order valence-corrected chi connectivity index (χ3v) is 34.1. The van der Waals surface area contributed by atoms with Gasteiger partial charge in [-0.05, 0) is 0 Å². The SMILES string of the molecule is C=C(C[Si](C)(C)C)O[Si][C](C(C)C)(C(C)C)[Sn]([CH2]CCC)([CH2]CCC)[CH2]CCC. The van der Waals surface area contributed by atoms with Crippen molar-refractivity contribution in [2.75, 3.05) is 0 Å². The summed E-state index contributed by atoms with van der Waals surface area (Å²) >= 11 is -2.51. The van der Waals surface area contributed by atoms with Crippen LogP contribution in [0.5, 0.6) is 0 Å². The van der Waals surface area contributed by atoms with Crippen LogP contribution < -0.4 is 0 Å². The zero-order valence-electron chi connectivity index (χ0n) is 21.8. The van der Waals surface area contributed by atoms with E-state index in [4.69, 9.17) is 4.43 Å². The standard InChI is InChI=1S/C13H27OSi2.3C4H9.Sn/c1-10(2)13(11(3)4)15-14-12(5)9-16(6,7)8;3*1-3-4-2;/h10-11H,5,9H2,1-4,6-8H3;3*1,3-4H2,2H3;. The van der Waals surface area contributed by atoms with Gasteiger partial charge in [-0.15, -0.1) is 0 Å². The van der Waals surface area contributed by atoms with Gasteiger partial charge in [0.25, 0.3) is 0 Å². The van der Waals surface area contributed by atoms with E-state index >= 15 is 0 Å². The van der Waals surface area contributed by atoms with E-state index in [1.54, 1.807) is 13.3 Å². The molecule has 0 fully saturated rings. The summed E-state index contributed by atoms with van der Waals surface area (Å²) in [6, 6.07) is 1.10.